The van der Waals surface area contributed by atoms with E-state index in [1.54, 1.807) is 9.80 Å². The topological polar surface area (TPSA) is 60.9 Å². The molecule has 5 heteroatoms. The van der Waals surface area contributed by atoms with Gasteiger partial charge in [0.05, 0.1) is 5.92 Å². The van der Waals surface area contributed by atoms with E-state index in [4.69, 9.17) is 5.11 Å². The van der Waals surface area contributed by atoms with Crippen LogP contribution < -0.4 is 0 Å². The molecule has 2 rings (SSSR count). The van der Waals surface area contributed by atoms with Crippen molar-refractivity contribution in [1.29, 1.82) is 0 Å². The molecule has 1 heterocycles. The number of carboxylic acid groups (broad SMARTS) is 1. The minimum Gasteiger partial charge on any atom is -0.481 e. The molecule has 0 bridgehead atoms. The Morgan fingerprint density at radius 2 is 2.11 bits per heavy atom. The molecule has 3 atom stereocenters. The summed E-state index contributed by atoms with van der Waals surface area (Å²) >= 11 is 0. The van der Waals surface area contributed by atoms with Crippen LogP contribution in [0.2, 0.25) is 0 Å². The minimum atomic E-state index is -0.786. The van der Waals surface area contributed by atoms with Crippen LogP contribution in [0.25, 0.3) is 0 Å². The summed E-state index contributed by atoms with van der Waals surface area (Å²) < 4.78 is 0. The molecule has 1 N–H and O–H groups in total. The lowest BCUT2D eigenvalue weighted by atomic mass is 9.99. The fourth-order valence-electron chi connectivity index (χ4n) is 2.68. The molecule has 2 amide bonds. The highest BCUT2D eigenvalue weighted by atomic mass is 16.4. The third kappa shape index (κ3) is 2.94. The summed E-state index contributed by atoms with van der Waals surface area (Å²) in [6, 6.07) is -0.0138. The first-order chi connectivity index (χ1) is 8.49. The van der Waals surface area contributed by atoms with Crippen LogP contribution in [0, 0.1) is 17.8 Å². The predicted octanol–water partition coefficient (Wildman–Crippen LogP) is 1.49. The first-order valence-corrected chi connectivity index (χ1v) is 6.72. The van der Waals surface area contributed by atoms with E-state index in [2.05, 4.69) is 6.92 Å². The number of likely N-dealkylation sites (tertiary alicyclic amines) is 1. The Labute approximate surface area is 108 Å². The van der Waals surface area contributed by atoms with Crippen molar-refractivity contribution < 1.29 is 14.7 Å². The highest BCUT2D eigenvalue weighted by Gasteiger charge is 2.36. The van der Waals surface area contributed by atoms with E-state index in [-0.39, 0.29) is 6.03 Å². The van der Waals surface area contributed by atoms with Crippen molar-refractivity contribution in [2.24, 2.45) is 17.8 Å². The van der Waals surface area contributed by atoms with Crippen molar-refractivity contribution in [3.8, 4) is 0 Å². The Hall–Kier alpha value is -1.26. The number of urea groups is 1. The van der Waals surface area contributed by atoms with Crippen molar-refractivity contribution in [2.45, 2.75) is 26.2 Å². The molecule has 2 aliphatic rings. The number of piperidine rings is 1. The van der Waals surface area contributed by atoms with Crippen molar-refractivity contribution >= 4 is 12.0 Å². The normalized spacial score (nSPS) is 31.0. The zero-order valence-electron chi connectivity index (χ0n) is 11.1. The van der Waals surface area contributed by atoms with Gasteiger partial charge in [-0.05, 0) is 31.1 Å². The second-order valence-corrected chi connectivity index (χ2v) is 5.76. The van der Waals surface area contributed by atoms with Crippen LogP contribution in [0.1, 0.15) is 26.2 Å². The number of hydrogen-bond donors (Lipinski definition) is 1. The van der Waals surface area contributed by atoms with Crippen LogP contribution in [0.3, 0.4) is 0 Å². The van der Waals surface area contributed by atoms with E-state index in [1.807, 2.05) is 7.05 Å². The first-order valence-electron chi connectivity index (χ1n) is 6.72. The standard InChI is InChI=1S/C13H22N2O3/c1-9-6-11(9)7-14(2)13(18)15-5-3-4-10(8-15)12(16)17/h9-11H,3-8H2,1-2H3,(H,16,17)/t9?,10-,11?/m1/s1. The molecule has 0 spiro atoms. The first kappa shape index (κ1) is 13.2. The summed E-state index contributed by atoms with van der Waals surface area (Å²) in [4.78, 5) is 26.6. The van der Waals surface area contributed by atoms with E-state index in [0.29, 0.717) is 25.4 Å². The Morgan fingerprint density at radius 1 is 1.44 bits per heavy atom. The number of hydrogen-bond acceptors (Lipinski definition) is 2. The summed E-state index contributed by atoms with van der Waals surface area (Å²) in [5.41, 5.74) is 0. The van der Waals surface area contributed by atoms with E-state index >= 15 is 0 Å². The molecule has 2 unspecified atom stereocenters. The molecule has 0 aromatic heterocycles. The third-order valence-corrected chi connectivity index (χ3v) is 4.15. The number of nitrogens with zero attached hydrogens (tertiary/aromatic N) is 2. The van der Waals surface area contributed by atoms with E-state index < -0.39 is 11.9 Å². The molecule has 0 aromatic carbocycles. The van der Waals surface area contributed by atoms with Gasteiger partial charge in [-0.2, -0.15) is 0 Å². The van der Waals surface area contributed by atoms with Crippen LogP contribution >= 0.6 is 0 Å². The van der Waals surface area contributed by atoms with Gasteiger partial charge in [0, 0.05) is 26.7 Å². The zero-order valence-corrected chi connectivity index (χ0v) is 11.1. The van der Waals surface area contributed by atoms with Gasteiger partial charge in [0.2, 0.25) is 0 Å². The van der Waals surface area contributed by atoms with Gasteiger partial charge in [-0.3, -0.25) is 4.79 Å². The molecule has 102 valence electrons. The van der Waals surface area contributed by atoms with Gasteiger partial charge in [-0.15, -0.1) is 0 Å². The Morgan fingerprint density at radius 3 is 2.67 bits per heavy atom. The Bertz CT molecular complexity index is 345. The van der Waals surface area contributed by atoms with Crippen molar-refractivity contribution in [3.63, 3.8) is 0 Å². The molecule has 1 saturated carbocycles. The summed E-state index contributed by atoms with van der Waals surface area (Å²) in [7, 11) is 1.82. The minimum absolute atomic E-state index is 0.0138. The number of carboxylic acids is 1. The predicted molar refractivity (Wildman–Crippen MR) is 67.2 cm³/mol. The lowest BCUT2D eigenvalue weighted by molar-refractivity contribution is -0.143. The maximum absolute atomic E-state index is 12.2. The SMILES string of the molecule is CC1CC1CN(C)C(=O)N1CCC[C@@H](C(=O)O)C1. The van der Waals surface area contributed by atoms with Gasteiger partial charge in [0.1, 0.15) is 0 Å². The maximum atomic E-state index is 12.2. The fraction of sp³-hybridized carbons (Fsp3) is 0.846. The van der Waals surface area contributed by atoms with E-state index in [1.165, 1.54) is 6.42 Å². The zero-order chi connectivity index (χ0) is 13.3. The van der Waals surface area contributed by atoms with Crippen LogP contribution in [0.15, 0.2) is 0 Å². The van der Waals surface area contributed by atoms with Gasteiger partial charge >= 0.3 is 12.0 Å². The molecule has 2 fully saturated rings. The van der Waals surface area contributed by atoms with Crippen LogP contribution in [0.5, 0.6) is 0 Å². The number of amides is 2. The van der Waals surface area contributed by atoms with Gasteiger partial charge in [-0.1, -0.05) is 6.92 Å². The highest BCUT2D eigenvalue weighted by molar-refractivity contribution is 5.76. The molecule has 1 aliphatic carbocycles. The molecule has 0 radical (unpaired) electrons. The lowest BCUT2D eigenvalue weighted by Gasteiger charge is -2.33. The second kappa shape index (κ2) is 5.16. The average Bonchev–Trinajstić information content (AvgIpc) is 3.04. The average molecular weight is 254 g/mol. The van der Waals surface area contributed by atoms with Crippen molar-refractivity contribution in [1.82, 2.24) is 9.80 Å². The second-order valence-electron chi connectivity index (χ2n) is 5.76. The lowest BCUT2D eigenvalue weighted by Crippen LogP contribution is -2.48. The van der Waals surface area contributed by atoms with Gasteiger partial charge in [0.25, 0.3) is 0 Å². The van der Waals surface area contributed by atoms with Crippen LogP contribution in [0.4, 0.5) is 4.79 Å². The summed E-state index contributed by atoms with van der Waals surface area (Å²) in [5, 5.41) is 9.01. The molecular formula is C13H22N2O3. The molecule has 1 saturated heterocycles. The Balaban J connectivity index is 1.85. The van der Waals surface area contributed by atoms with Crippen molar-refractivity contribution in [2.75, 3.05) is 26.7 Å². The van der Waals surface area contributed by atoms with Gasteiger partial charge < -0.3 is 14.9 Å². The number of carbonyl (C=O) groups is 2. The van der Waals surface area contributed by atoms with Gasteiger partial charge in [0.15, 0.2) is 0 Å². The van der Waals surface area contributed by atoms with Crippen LogP contribution in [-0.4, -0.2) is 53.6 Å². The molecule has 18 heavy (non-hydrogen) atoms. The number of rotatable bonds is 3. The summed E-state index contributed by atoms with van der Waals surface area (Å²) in [6.45, 7) is 4.05. The van der Waals surface area contributed by atoms with E-state index in [0.717, 1.165) is 18.9 Å². The monoisotopic (exact) mass is 254 g/mol. The summed E-state index contributed by atoms with van der Waals surface area (Å²) in [5.74, 6) is 0.189. The Kier molecular flexibility index (Phi) is 3.78. The summed E-state index contributed by atoms with van der Waals surface area (Å²) in [6.07, 6.45) is 2.67. The molecule has 0 aromatic rings. The third-order valence-electron chi connectivity index (χ3n) is 4.15. The molecule has 1 aliphatic heterocycles. The van der Waals surface area contributed by atoms with Crippen molar-refractivity contribution in [3.05, 3.63) is 0 Å². The van der Waals surface area contributed by atoms with E-state index in [9.17, 15) is 9.59 Å². The number of carbonyl (C=O) groups excluding carboxylic acids is 1. The molecular weight excluding hydrogens is 232 g/mol. The number of aliphatic carboxylic acids is 1. The van der Waals surface area contributed by atoms with Gasteiger partial charge in [-0.25, -0.2) is 4.79 Å². The largest absolute Gasteiger partial charge is 0.481 e. The highest BCUT2D eigenvalue weighted by Crippen LogP contribution is 2.38. The fourth-order valence-corrected chi connectivity index (χ4v) is 2.68. The maximum Gasteiger partial charge on any atom is 0.319 e. The van der Waals surface area contributed by atoms with Crippen LogP contribution in [-0.2, 0) is 4.79 Å². The smallest absolute Gasteiger partial charge is 0.319 e. The quantitative estimate of drug-likeness (QED) is 0.830. The molecule has 5 nitrogen and oxygen atoms in total.